The molecule has 84 valence electrons. The predicted molar refractivity (Wildman–Crippen MR) is 58.1 cm³/mol. The van der Waals surface area contributed by atoms with E-state index in [1.165, 1.54) is 6.42 Å². The second-order valence-corrected chi connectivity index (χ2v) is 3.88. The zero-order chi connectivity index (χ0) is 10.9. The van der Waals surface area contributed by atoms with E-state index in [2.05, 4.69) is 11.4 Å². The number of nitrogens with one attached hydrogen (secondary N) is 1. The Hall–Kier alpha value is -1.08. The molecule has 0 aliphatic carbocycles. The molecule has 0 spiro atoms. The molecule has 1 aliphatic heterocycles. The molecule has 1 N–H and O–H groups in total. The van der Waals surface area contributed by atoms with Gasteiger partial charge in [0, 0.05) is 19.5 Å². The van der Waals surface area contributed by atoms with Gasteiger partial charge in [-0.25, -0.2) is 0 Å². The monoisotopic (exact) mass is 209 g/mol. The van der Waals surface area contributed by atoms with Crippen LogP contribution in [0.5, 0.6) is 0 Å². The van der Waals surface area contributed by atoms with Crippen LogP contribution in [0.3, 0.4) is 0 Å². The molecule has 4 heteroatoms. The quantitative estimate of drug-likeness (QED) is 0.684. The fourth-order valence-corrected chi connectivity index (χ4v) is 1.74. The van der Waals surface area contributed by atoms with Crippen LogP contribution in [0.4, 0.5) is 0 Å². The summed E-state index contributed by atoms with van der Waals surface area (Å²) in [5.41, 5.74) is 0. The van der Waals surface area contributed by atoms with Gasteiger partial charge in [0.2, 0.25) is 5.91 Å². The average Bonchev–Trinajstić information content (AvgIpc) is 2.30. The van der Waals surface area contributed by atoms with Crippen LogP contribution in [-0.4, -0.2) is 37.0 Å². The third-order valence-electron chi connectivity index (χ3n) is 2.63. The van der Waals surface area contributed by atoms with Crippen LogP contribution in [-0.2, 0) is 4.79 Å². The zero-order valence-corrected chi connectivity index (χ0v) is 9.17. The van der Waals surface area contributed by atoms with Crippen LogP contribution in [0.2, 0.25) is 0 Å². The van der Waals surface area contributed by atoms with E-state index in [1.54, 1.807) is 0 Å². The van der Waals surface area contributed by atoms with Crippen molar-refractivity contribution in [1.29, 1.82) is 5.26 Å². The number of hydrogen-bond acceptors (Lipinski definition) is 3. The standard InChI is InChI=1S/C11H19N3O/c12-6-2-3-7-13-10-11(15)14-8-4-1-5-9-14/h13H,1-5,7-10H2. The van der Waals surface area contributed by atoms with E-state index in [4.69, 9.17) is 5.26 Å². The molecule has 0 saturated carbocycles. The van der Waals surface area contributed by atoms with Gasteiger partial charge >= 0.3 is 0 Å². The van der Waals surface area contributed by atoms with Gasteiger partial charge in [-0.2, -0.15) is 5.26 Å². The van der Waals surface area contributed by atoms with E-state index in [0.29, 0.717) is 13.0 Å². The first-order chi connectivity index (χ1) is 7.34. The van der Waals surface area contributed by atoms with Crippen molar-refractivity contribution in [2.75, 3.05) is 26.2 Å². The molecule has 0 aromatic heterocycles. The van der Waals surface area contributed by atoms with E-state index in [0.717, 1.165) is 38.9 Å². The van der Waals surface area contributed by atoms with Gasteiger partial charge < -0.3 is 10.2 Å². The van der Waals surface area contributed by atoms with Gasteiger partial charge in [0.15, 0.2) is 0 Å². The van der Waals surface area contributed by atoms with Crippen LogP contribution < -0.4 is 5.32 Å². The minimum Gasteiger partial charge on any atom is -0.342 e. The molecule has 0 unspecified atom stereocenters. The average molecular weight is 209 g/mol. The fourth-order valence-electron chi connectivity index (χ4n) is 1.74. The molecule has 1 aliphatic rings. The Morgan fingerprint density at radius 1 is 1.33 bits per heavy atom. The summed E-state index contributed by atoms with van der Waals surface area (Å²) >= 11 is 0. The van der Waals surface area contributed by atoms with Crippen molar-refractivity contribution in [1.82, 2.24) is 10.2 Å². The molecule has 1 fully saturated rings. The van der Waals surface area contributed by atoms with Gasteiger partial charge in [-0.1, -0.05) is 0 Å². The lowest BCUT2D eigenvalue weighted by Gasteiger charge is -2.26. The van der Waals surface area contributed by atoms with Crippen LogP contribution in [0.1, 0.15) is 32.1 Å². The first-order valence-electron chi connectivity index (χ1n) is 5.70. The molecule has 1 heterocycles. The van der Waals surface area contributed by atoms with E-state index in [-0.39, 0.29) is 5.91 Å². The molecule has 15 heavy (non-hydrogen) atoms. The Kier molecular flexibility index (Phi) is 5.79. The third-order valence-corrected chi connectivity index (χ3v) is 2.63. The summed E-state index contributed by atoms with van der Waals surface area (Å²) in [6, 6.07) is 2.08. The second kappa shape index (κ2) is 7.24. The van der Waals surface area contributed by atoms with Gasteiger partial charge in [-0.15, -0.1) is 0 Å². The highest BCUT2D eigenvalue weighted by Crippen LogP contribution is 2.08. The van der Waals surface area contributed by atoms with Crippen LogP contribution in [0.25, 0.3) is 0 Å². The highest BCUT2D eigenvalue weighted by Gasteiger charge is 2.15. The Labute approximate surface area is 91.2 Å². The Bertz CT molecular complexity index is 228. The van der Waals surface area contributed by atoms with Gasteiger partial charge in [-0.05, 0) is 32.2 Å². The van der Waals surface area contributed by atoms with Crippen LogP contribution in [0.15, 0.2) is 0 Å². The van der Waals surface area contributed by atoms with Crippen LogP contribution >= 0.6 is 0 Å². The maximum Gasteiger partial charge on any atom is 0.236 e. The smallest absolute Gasteiger partial charge is 0.236 e. The number of likely N-dealkylation sites (tertiary alicyclic amines) is 1. The number of rotatable bonds is 5. The van der Waals surface area contributed by atoms with Crippen molar-refractivity contribution in [2.24, 2.45) is 0 Å². The fraction of sp³-hybridized carbons (Fsp3) is 0.818. The molecular weight excluding hydrogens is 190 g/mol. The van der Waals surface area contributed by atoms with Gasteiger partial charge in [0.05, 0.1) is 12.6 Å². The lowest BCUT2D eigenvalue weighted by Crippen LogP contribution is -2.41. The number of nitrogens with zero attached hydrogens (tertiary/aromatic N) is 2. The molecule has 4 nitrogen and oxygen atoms in total. The number of amides is 1. The summed E-state index contributed by atoms with van der Waals surface area (Å²) in [6.45, 7) is 3.01. The molecule has 0 aromatic carbocycles. The van der Waals surface area contributed by atoms with Crippen molar-refractivity contribution in [3.8, 4) is 6.07 Å². The molecule has 0 aromatic rings. The number of carbonyl (C=O) groups excluding carboxylic acids is 1. The summed E-state index contributed by atoms with van der Waals surface area (Å²) in [6.07, 6.45) is 4.91. The topological polar surface area (TPSA) is 56.1 Å². The Morgan fingerprint density at radius 3 is 2.73 bits per heavy atom. The minimum absolute atomic E-state index is 0.201. The third kappa shape index (κ3) is 4.80. The normalized spacial score (nSPS) is 16.1. The highest BCUT2D eigenvalue weighted by molar-refractivity contribution is 5.78. The lowest BCUT2D eigenvalue weighted by atomic mass is 10.1. The molecule has 1 amide bonds. The van der Waals surface area contributed by atoms with Gasteiger partial charge in [0.25, 0.3) is 0 Å². The van der Waals surface area contributed by atoms with Gasteiger partial charge in [0.1, 0.15) is 0 Å². The number of piperidine rings is 1. The van der Waals surface area contributed by atoms with E-state index in [1.807, 2.05) is 4.90 Å². The maximum atomic E-state index is 11.6. The Morgan fingerprint density at radius 2 is 2.07 bits per heavy atom. The SMILES string of the molecule is N#CCCCNCC(=O)N1CCCCC1. The summed E-state index contributed by atoms with van der Waals surface area (Å²) in [7, 11) is 0. The van der Waals surface area contributed by atoms with Crippen molar-refractivity contribution >= 4 is 5.91 Å². The van der Waals surface area contributed by atoms with Gasteiger partial charge in [-0.3, -0.25) is 4.79 Å². The number of nitriles is 1. The molecule has 0 atom stereocenters. The number of carbonyl (C=O) groups is 1. The molecular formula is C11H19N3O. The highest BCUT2D eigenvalue weighted by atomic mass is 16.2. The summed E-state index contributed by atoms with van der Waals surface area (Å²) in [4.78, 5) is 13.6. The lowest BCUT2D eigenvalue weighted by molar-refractivity contribution is -0.131. The Balaban J connectivity index is 2.05. The summed E-state index contributed by atoms with van der Waals surface area (Å²) < 4.78 is 0. The van der Waals surface area contributed by atoms with Crippen molar-refractivity contribution < 1.29 is 4.79 Å². The summed E-state index contributed by atoms with van der Waals surface area (Å²) in [5, 5.41) is 11.4. The largest absolute Gasteiger partial charge is 0.342 e. The van der Waals surface area contributed by atoms with E-state index < -0.39 is 0 Å². The van der Waals surface area contributed by atoms with E-state index in [9.17, 15) is 4.79 Å². The van der Waals surface area contributed by atoms with Crippen molar-refractivity contribution in [3.63, 3.8) is 0 Å². The maximum absolute atomic E-state index is 11.6. The first kappa shape index (κ1) is 12.0. The molecule has 0 radical (unpaired) electrons. The predicted octanol–water partition coefficient (Wildman–Crippen LogP) is 0.892. The van der Waals surface area contributed by atoms with Crippen molar-refractivity contribution in [3.05, 3.63) is 0 Å². The summed E-state index contributed by atoms with van der Waals surface area (Å²) in [5.74, 6) is 0.201. The molecule has 0 bridgehead atoms. The first-order valence-corrected chi connectivity index (χ1v) is 5.70. The number of unbranched alkanes of at least 4 members (excludes halogenated alkanes) is 1. The van der Waals surface area contributed by atoms with Crippen LogP contribution in [0, 0.1) is 11.3 Å². The molecule has 1 rings (SSSR count). The number of hydrogen-bond donors (Lipinski definition) is 1. The minimum atomic E-state index is 0.201. The van der Waals surface area contributed by atoms with E-state index >= 15 is 0 Å². The second-order valence-electron chi connectivity index (χ2n) is 3.88. The molecule has 1 saturated heterocycles. The van der Waals surface area contributed by atoms with Crippen molar-refractivity contribution in [2.45, 2.75) is 32.1 Å². The zero-order valence-electron chi connectivity index (χ0n) is 9.17.